The quantitative estimate of drug-likeness (QED) is 0.346. The summed E-state index contributed by atoms with van der Waals surface area (Å²) in [6, 6.07) is 3.64. The Morgan fingerprint density at radius 3 is 2.50 bits per heavy atom. The monoisotopic (exact) mass is 447 g/mol. The van der Waals surface area contributed by atoms with E-state index in [2.05, 4.69) is 10.6 Å². The zero-order valence-corrected chi connectivity index (χ0v) is 17.7. The summed E-state index contributed by atoms with van der Waals surface area (Å²) in [4.78, 5) is 60.9. The summed E-state index contributed by atoms with van der Waals surface area (Å²) in [5.74, 6) is -2.18. The second-order valence-electron chi connectivity index (χ2n) is 7.18. The molecule has 2 aliphatic heterocycles. The normalized spacial score (nSPS) is 17.9. The van der Waals surface area contributed by atoms with Crippen LogP contribution in [0.4, 0.5) is 0 Å². The van der Waals surface area contributed by atoms with Gasteiger partial charge in [-0.15, -0.1) is 0 Å². The topological polar surface area (TPSA) is 140 Å². The Kier molecular flexibility index (Phi) is 7.90. The molecule has 0 aliphatic carbocycles. The molecule has 2 heterocycles. The van der Waals surface area contributed by atoms with Gasteiger partial charge in [0.25, 0.3) is 11.8 Å². The minimum absolute atomic E-state index is 0.0570. The summed E-state index contributed by atoms with van der Waals surface area (Å²) in [5.41, 5.74) is 0.259. The number of rotatable bonds is 11. The number of benzene rings is 1. The fraction of sp³-hybridized carbons (Fsp3) is 0.476. The van der Waals surface area contributed by atoms with Crippen LogP contribution in [0.1, 0.15) is 40.5 Å². The number of imide groups is 2. The van der Waals surface area contributed by atoms with Crippen molar-refractivity contribution in [1.82, 2.24) is 15.5 Å². The van der Waals surface area contributed by atoms with E-state index in [9.17, 15) is 24.0 Å². The Balaban J connectivity index is 1.48. The number of hydrogen-bond acceptors (Lipinski definition) is 8. The van der Waals surface area contributed by atoms with Gasteiger partial charge in [0.1, 0.15) is 18.4 Å². The molecule has 11 nitrogen and oxygen atoms in total. The van der Waals surface area contributed by atoms with Crippen LogP contribution in [0, 0.1) is 0 Å². The van der Waals surface area contributed by atoms with Crippen molar-refractivity contribution < 1.29 is 38.2 Å². The lowest BCUT2D eigenvalue weighted by Gasteiger charge is -2.27. The minimum Gasteiger partial charge on any atom is -0.490 e. The van der Waals surface area contributed by atoms with Gasteiger partial charge in [-0.2, -0.15) is 0 Å². The summed E-state index contributed by atoms with van der Waals surface area (Å²) in [6.07, 6.45) is 0.147. The number of nitrogens with zero attached hydrogens (tertiary/aromatic N) is 1. The van der Waals surface area contributed by atoms with Crippen molar-refractivity contribution in [3.05, 3.63) is 29.3 Å². The molecule has 2 N–H and O–H groups in total. The molecule has 1 unspecified atom stereocenters. The largest absolute Gasteiger partial charge is 0.490 e. The van der Waals surface area contributed by atoms with Gasteiger partial charge in [-0.3, -0.25) is 34.2 Å². The fourth-order valence-electron chi connectivity index (χ4n) is 3.44. The Labute approximate surface area is 184 Å². The van der Waals surface area contributed by atoms with E-state index < -0.39 is 29.7 Å². The number of piperidine rings is 1. The highest BCUT2D eigenvalue weighted by Crippen LogP contribution is 2.33. The third-order valence-corrected chi connectivity index (χ3v) is 4.91. The summed E-state index contributed by atoms with van der Waals surface area (Å²) in [6.45, 7) is 3.31. The molecule has 0 radical (unpaired) electrons. The molecule has 1 aromatic rings. The number of ether oxygens (including phenoxy) is 3. The van der Waals surface area contributed by atoms with Gasteiger partial charge in [0.2, 0.25) is 17.7 Å². The highest BCUT2D eigenvalue weighted by molar-refractivity contribution is 6.24. The lowest BCUT2D eigenvalue weighted by molar-refractivity contribution is -0.136. The van der Waals surface area contributed by atoms with Crippen LogP contribution < -0.4 is 15.4 Å². The maximum Gasteiger partial charge on any atom is 0.266 e. The van der Waals surface area contributed by atoms with Gasteiger partial charge in [-0.1, -0.05) is 6.07 Å². The van der Waals surface area contributed by atoms with Gasteiger partial charge < -0.3 is 19.5 Å². The molecule has 0 bridgehead atoms. The molecule has 1 aromatic carbocycles. The molecular formula is C21H25N3O8. The summed E-state index contributed by atoms with van der Waals surface area (Å²) in [5, 5.41) is 4.78. The van der Waals surface area contributed by atoms with Gasteiger partial charge in [-0.05, 0) is 18.6 Å². The highest BCUT2D eigenvalue weighted by Gasteiger charge is 2.45. The van der Waals surface area contributed by atoms with Crippen molar-refractivity contribution >= 4 is 29.5 Å². The van der Waals surface area contributed by atoms with Crippen LogP contribution >= 0.6 is 0 Å². The zero-order valence-electron chi connectivity index (χ0n) is 17.7. The minimum atomic E-state index is -1.03. The van der Waals surface area contributed by atoms with Gasteiger partial charge >= 0.3 is 0 Å². The Hall–Kier alpha value is -3.31. The number of amides is 5. The molecule has 1 fully saturated rings. The molecule has 1 atom stereocenters. The van der Waals surface area contributed by atoms with Gasteiger partial charge in [-0.25, -0.2) is 0 Å². The average Bonchev–Trinajstić information content (AvgIpc) is 3.00. The van der Waals surface area contributed by atoms with Gasteiger partial charge in [0.05, 0.1) is 37.6 Å². The number of fused-ring (bicyclic) bond motifs is 1. The predicted molar refractivity (Wildman–Crippen MR) is 109 cm³/mol. The zero-order chi connectivity index (χ0) is 23.1. The summed E-state index contributed by atoms with van der Waals surface area (Å²) < 4.78 is 16.4. The second kappa shape index (κ2) is 10.8. The lowest BCUT2D eigenvalue weighted by Crippen LogP contribution is -2.54. The summed E-state index contributed by atoms with van der Waals surface area (Å²) in [7, 11) is 0. The standard InChI is InChI=1S/C21H25N3O8/c1-13(25)22-7-8-30-9-10-31-11-12-32-16-4-2-3-14-18(16)21(29)24(20(14)28)15-5-6-17(26)23-19(15)27/h2-4,15H,5-12H2,1H3,(H,22,25)(H,23,26,27). The smallest absolute Gasteiger partial charge is 0.266 e. The molecule has 1 saturated heterocycles. The number of hydrogen-bond donors (Lipinski definition) is 2. The Bertz CT molecular complexity index is 916. The Morgan fingerprint density at radius 2 is 1.78 bits per heavy atom. The first kappa shape index (κ1) is 23.4. The van der Waals surface area contributed by atoms with Crippen LogP contribution in [0.2, 0.25) is 0 Å². The van der Waals surface area contributed by atoms with E-state index in [0.29, 0.717) is 26.4 Å². The second-order valence-corrected chi connectivity index (χ2v) is 7.18. The van der Waals surface area contributed by atoms with E-state index in [1.54, 1.807) is 12.1 Å². The molecule has 172 valence electrons. The number of nitrogens with one attached hydrogen (secondary N) is 2. The third-order valence-electron chi connectivity index (χ3n) is 4.91. The summed E-state index contributed by atoms with van der Waals surface area (Å²) >= 11 is 0. The fourth-order valence-corrected chi connectivity index (χ4v) is 3.44. The molecule has 5 amide bonds. The van der Waals surface area contributed by atoms with Crippen LogP contribution in [0.5, 0.6) is 5.75 Å². The van der Waals surface area contributed by atoms with Crippen molar-refractivity contribution in [3.8, 4) is 5.75 Å². The molecule has 3 rings (SSSR count). The van der Waals surface area contributed by atoms with Crippen molar-refractivity contribution in [2.24, 2.45) is 0 Å². The van der Waals surface area contributed by atoms with E-state index in [-0.39, 0.29) is 48.8 Å². The van der Waals surface area contributed by atoms with E-state index in [0.717, 1.165) is 4.90 Å². The van der Waals surface area contributed by atoms with Crippen molar-refractivity contribution in [2.75, 3.05) is 39.6 Å². The molecule has 2 aliphatic rings. The lowest BCUT2D eigenvalue weighted by atomic mass is 10.0. The van der Waals surface area contributed by atoms with Crippen LogP contribution in [0.25, 0.3) is 0 Å². The molecule has 0 aromatic heterocycles. The first-order valence-corrected chi connectivity index (χ1v) is 10.3. The van der Waals surface area contributed by atoms with Crippen LogP contribution in [0.3, 0.4) is 0 Å². The average molecular weight is 447 g/mol. The van der Waals surface area contributed by atoms with Crippen molar-refractivity contribution in [3.63, 3.8) is 0 Å². The maximum atomic E-state index is 12.9. The van der Waals surface area contributed by atoms with Crippen LogP contribution in [-0.2, 0) is 23.9 Å². The van der Waals surface area contributed by atoms with Crippen molar-refractivity contribution in [1.29, 1.82) is 0 Å². The van der Waals surface area contributed by atoms with Gasteiger partial charge in [0.15, 0.2) is 0 Å². The highest BCUT2D eigenvalue weighted by atomic mass is 16.5. The molecule has 32 heavy (non-hydrogen) atoms. The van der Waals surface area contributed by atoms with E-state index in [4.69, 9.17) is 14.2 Å². The maximum absolute atomic E-state index is 12.9. The number of carbonyl (C=O) groups is 5. The molecular weight excluding hydrogens is 422 g/mol. The molecule has 0 saturated carbocycles. The van der Waals surface area contributed by atoms with E-state index >= 15 is 0 Å². The van der Waals surface area contributed by atoms with E-state index in [1.807, 2.05) is 0 Å². The van der Waals surface area contributed by atoms with Gasteiger partial charge in [0, 0.05) is 19.9 Å². The van der Waals surface area contributed by atoms with Crippen LogP contribution in [-0.4, -0.2) is 80.1 Å². The SMILES string of the molecule is CC(=O)NCCOCCOCCOc1cccc2c1C(=O)N(C1CCC(=O)NC1=O)C2=O. The third kappa shape index (κ3) is 5.48. The first-order valence-electron chi connectivity index (χ1n) is 10.3. The number of carbonyl (C=O) groups excluding carboxylic acids is 5. The molecule has 11 heteroatoms. The predicted octanol–water partition coefficient (Wildman–Crippen LogP) is -0.364. The van der Waals surface area contributed by atoms with E-state index in [1.165, 1.54) is 13.0 Å². The molecule has 0 spiro atoms. The first-order chi connectivity index (χ1) is 15.4. The Morgan fingerprint density at radius 1 is 1.06 bits per heavy atom. The van der Waals surface area contributed by atoms with Crippen molar-refractivity contribution in [2.45, 2.75) is 25.8 Å². The van der Waals surface area contributed by atoms with Crippen LogP contribution in [0.15, 0.2) is 18.2 Å².